The molecule has 0 unspecified atom stereocenters. The first kappa shape index (κ1) is 14.1. The predicted molar refractivity (Wildman–Crippen MR) is 53.1 cm³/mol. The van der Waals surface area contributed by atoms with Crippen LogP contribution in [-0.4, -0.2) is 26.7 Å². The summed E-state index contributed by atoms with van der Waals surface area (Å²) in [7, 11) is -4.03. The summed E-state index contributed by atoms with van der Waals surface area (Å²) in [5.74, 6) is 0. The SMILES string of the molecule is CCOC(=O)NS(=O)(=O)NOC(C)(C)C. The van der Waals surface area contributed by atoms with Gasteiger partial charge in [0.05, 0.1) is 12.2 Å². The highest BCUT2D eigenvalue weighted by atomic mass is 32.2. The highest BCUT2D eigenvalue weighted by molar-refractivity contribution is 7.87. The molecule has 15 heavy (non-hydrogen) atoms. The summed E-state index contributed by atoms with van der Waals surface area (Å²) in [6, 6.07) is 0. The first-order valence-corrected chi connectivity index (χ1v) is 5.79. The molecule has 2 N–H and O–H groups in total. The van der Waals surface area contributed by atoms with Gasteiger partial charge in [-0.05, 0) is 27.7 Å². The summed E-state index contributed by atoms with van der Waals surface area (Å²) in [5, 5.41) is 0. The second-order valence-corrected chi connectivity index (χ2v) is 5.00. The van der Waals surface area contributed by atoms with Crippen molar-refractivity contribution in [3.63, 3.8) is 0 Å². The third-order valence-corrected chi connectivity index (χ3v) is 1.69. The van der Waals surface area contributed by atoms with E-state index in [1.165, 1.54) is 0 Å². The monoisotopic (exact) mass is 240 g/mol. The van der Waals surface area contributed by atoms with E-state index < -0.39 is 21.9 Å². The fourth-order valence-corrected chi connectivity index (χ4v) is 1.15. The fourth-order valence-electron chi connectivity index (χ4n) is 0.471. The van der Waals surface area contributed by atoms with Gasteiger partial charge in [0.25, 0.3) is 0 Å². The third kappa shape index (κ3) is 8.16. The molecule has 0 aromatic rings. The Hall–Kier alpha value is -0.860. The van der Waals surface area contributed by atoms with Crippen LogP contribution in [0.2, 0.25) is 0 Å². The van der Waals surface area contributed by atoms with E-state index in [0.29, 0.717) is 0 Å². The Labute approximate surface area is 89.3 Å². The molecule has 90 valence electrons. The van der Waals surface area contributed by atoms with E-state index in [-0.39, 0.29) is 6.61 Å². The number of ether oxygens (including phenoxy) is 1. The Morgan fingerprint density at radius 3 is 2.27 bits per heavy atom. The molecule has 0 aromatic carbocycles. The quantitative estimate of drug-likeness (QED) is 0.689. The van der Waals surface area contributed by atoms with Gasteiger partial charge in [0.2, 0.25) is 0 Å². The lowest BCUT2D eigenvalue weighted by molar-refractivity contribution is -0.0362. The molecule has 8 heteroatoms. The van der Waals surface area contributed by atoms with Crippen molar-refractivity contribution in [3.8, 4) is 0 Å². The Morgan fingerprint density at radius 1 is 1.33 bits per heavy atom. The molecule has 0 heterocycles. The first-order chi connectivity index (χ1) is 6.66. The highest BCUT2D eigenvalue weighted by Crippen LogP contribution is 2.04. The molecule has 0 bridgehead atoms. The van der Waals surface area contributed by atoms with E-state index >= 15 is 0 Å². The number of hydrogen-bond donors (Lipinski definition) is 2. The van der Waals surface area contributed by atoms with Gasteiger partial charge in [-0.25, -0.2) is 9.52 Å². The molecule has 0 saturated carbocycles. The van der Waals surface area contributed by atoms with Crippen LogP contribution in [0, 0.1) is 0 Å². The lowest BCUT2D eigenvalue weighted by Crippen LogP contribution is -2.43. The number of carbonyl (C=O) groups is 1. The second kappa shape index (κ2) is 5.29. The maximum atomic E-state index is 11.1. The molecule has 0 radical (unpaired) electrons. The van der Waals surface area contributed by atoms with Gasteiger partial charge in [0, 0.05) is 0 Å². The second-order valence-electron chi connectivity index (χ2n) is 3.62. The number of rotatable bonds is 4. The zero-order valence-corrected chi connectivity index (χ0v) is 9.97. The van der Waals surface area contributed by atoms with Crippen molar-refractivity contribution >= 4 is 16.3 Å². The van der Waals surface area contributed by atoms with Gasteiger partial charge >= 0.3 is 16.3 Å². The van der Waals surface area contributed by atoms with Crippen molar-refractivity contribution in [1.29, 1.82) is 0 Å². The van der Waals surface area contributed by atoms with Crippen molar-refractivity contribution in [2.45, 2.75) is 33.3 Å². The van der Waals surface area contributed by atoms with Crippen LogP contribution in [0.25, 0.3) is 0 Å². The Bertz CT molecular complexity index is 306. The molecule has 7 nitrogen and oxygen atoms in total. The average Bonchev–Trinajstić information content (AvgIpc) is 1.99. The van der Waals surface area contributed by atoms with Gasteiger partial charge in [-0.2, -0.15) is 8.42 Å². The maximum Gasteiger partial charge on any atom is 0.421 e. The van der Waals surface area contributed by atoms with Crippen molar-refractivity contribution in [3.05, 3.63) is 0 Å². The topological polar surface area (TPSA) is 93.7 Å². The van der Waals surface area contributed by atoms with Crippen molar-refractivity contribution in [2.75, 3.05) is 6.61 Å². The van der Waals surface area contributed by atoms with E-state index in [1.807, 2.05) is 0 Å². The fraction of sp³-hybridized carbons (Fsp3) is 0.857. The molecule has 0 fully saturated rings. The summed E-state index contributed by atoms with van der Waals surface area (Å²) in [4.78, 5) is 17.3. The number of carbonyl (C=O) groups excluding carboxylic acids is 1. The smallest absolute Gasteiger partial charge is 0.421 e. The summed E-state index contributed by atoms with van der Waals surface area (Å²) in [6.07, 6.45) is -1.05. The molecule has 0 spiro atoms. The number of nitrogens with one attached hydrogen (secondary N) is 2. The van der Waals surface area contributed by atoms with Crippen molar-refractivity contribution in [2.24, 2.45) is 0 Å². The van der Waals surface area contributed by atoms with E-state index in [2.05, 4.69) is 4.74 Å². The molecule has 0 aromatic heterocycles. The number of amides is 1. The minimum absolute atomic E-state index is 0.0848. The highest BCUT2D eigenvalue weighted by Gasteiger charge is 2.19. The van der Waals surface area contributed by atoms with Gasteiger partial charge in [0.15, 0.2) is 0 Å². The molecule has 0 aliphatic rings. The summed E-state index contributed by atoms with van der Waals surface area (Å²) >= 11 is 0. The van der Waals surface area contributed by atoms with Crippen molar-refractivity contribution < 1.29 is 22.8 Å². The van der Waals surface area contributed by atoms with E-state index in [1.54, 1.807) is 37.3 Å². The molecule has 0 saturated heterocycles. The minimum Gasteiger partial charge on any atom is -0.449 e. The van der Waals surface area contributed by atoms with Gasteiger partial charge in [-0.3, -0.25) is 4.84 Å². The lowest BCUT2D eigenvalue weighted by Gasteiger charge is -2.18. The largest absolute Gasteiger partial charge is 0.449 e. The summed E-state index contributed by atoms with van der Waals surface area (Å²) < 4.78 is 28.2. The minimum atomic E-state index is -4.03. The molecule has 0 atom stereocenters. The average molecular weight is 240 g/mol. The van der Waals surface area contributed by atoms with Crippen LogP contribution in [0.15, 0.2) is 0 Å². The van der Waals surface area contributed by atoms with Gasteiger partial charge < -0.3 is 4.74 Å². The van der Waals surface area contributed by atoms with Crippen molar-refractivity contribution in [1.82, 2.24) is 9.61 Å². The zero-order valence-electron chi connectivity index (χ0n) is 9.16. The standard InChI is InChI=1S/C7H16N2O5S/c1-5-13-6(10)8-15(11,12)9-14-7(2,3)4/h9H,5H2,1-4H3,(H,8,10). The van der Waals surface area contributed by atoms with Crippen LogP contribution in [0.4, 0.5) is 4.79 Å². The van der Waals surface area contributed by atoms with Crippen LogP contribution in [0.5, 0.6) is 0 Å². The summed E-state index contributed by atoms with van der Waals surface area (Å²) in [6.45, 7) is 6.60. The molecular formula is C7H16N2O5S. The first-order valence-electron chi connectivity index (χ1n) is 4.30. The van der Waals surface area contributed by atoms with Gasteiger partial charge in [0.1, 0.15) is 0 Å². The summed E-state index contributed by atoms with van der Waals surface area (Å²) in [5.41, 5.74) is -0.691. The third-order valence-electron chi connectivity index (χ3n) is 0.951. The molecule has 1 amide bonds. The van der Waals surface area contributed by atoms with E-state index in [9.17, 15) is 13.2 Å². The van der Waals surface area contributed by atoms with Gasteiger partial charge in [-0.15, -0.1) is 0 Å². The Balaban J connectivity index is 4.15. The maximum absolute atomic E-state index is 11.1. The van der Waals surface area contributed by atoms with Crippen LogP contribution in [0.1, 0.15) is 27.7 Å². The Kier molecular flexibility index (Phi) is 4.98. The number of hydrogen-bond acceptors (Lipinski definition) is 5. The van der Waals surface area contributed by atoms with Crippen LogP contribution < -0.4 is 9.61 Å². The predicted octanol–water partition coefficient (Wildman–Crippen LogP) is 0.297. The molecule has 0 aliphatic heterocycles. The van der Waals surface area contributed by atoms with Crippen LogP contribution >= 0.6 is 0 Å². The molecular weight excluding hydrogens is 224 g/mol. The van der Waals surface area contributed by atoms with E-state index in [0.717, 1.165) is 0 Å². The van der Waals surface area contributed by atoms with Crippen LogP contribution in [0.3, 0.4) is 0 Å². The van der Waals surface area contributed by atoms with E-state index in [4.69, 9.17) is 4.84 Å². The van der Waals surface area contributed by atoms with Gasteiger partial charge in [-0.1, -0.05) is 4.89 Å². The zero-order chi connectivity index (χ0) is 12.1. The lowest BCUT2D eigenvalue weighted by atomic mass is 10.2. The Morgan fingerprint density at radius 2 is 1.87 bits per heavy atom. The molecule has 0 aliphatic carbocycles. The van der Waals surface area contributed by atoms with Crippen LogP contribution in [-0.2, 0) is 19.8 Å². The normalized spacial score (nSPS) is 12.3. The molecule has 0 rings (SSSR count).